The molecule has 0 saturated carbocycles. The molecule has 4 nitrogen and oxygen atoms in total. The van der Waals surface area contributed by atoms with Gasteiger partial charge >= 0.3 is 0 Å². The van der Waals surface area contributed by atoms with Gasteiger partial charge in [0.25, 0.3) is 0 Å². The van der Waals surface area contributed by atoms with Crippen LogP contribution in [-0.2, 0) is 4.79 Å². The highest BCUT2D eigenvalue weighted by atomic mass is 16.1. The van der Waals surface area contributed by atoms with Crippen LogP contribution in [0.2, 0.25) is 0 Å². The van der Waals surface area contributed by atoms with E-state index in [1.54, 1.807) is 0 Å². The molecule has 4 heteroatoms. The number of carbonyl (C=O) groups is 1. The number of Topliss-reactive ketones (excluding diaryl/α,β-unsaturated/α-hetero) is 1. The van der Waals surface area contributed by atoms with E-state index in [2.05, 4.69) is 54.8 Å². The first-order chi connectivity index (χ1) is 17.8. The van der Waals surface area contributed by atoms with Gasteiger partial charge in [-0.05, 0) is 53.2 Å². The maximum absolute atomic E-state index is 13.0. The first-order valence-electron chi connectivity index (χ1n) is 12.8. The van der Waals surface area contributed by atoms with Crippen LogP contribution in [0.3, 0.4) is 0 Å². The number of ketones is 1. The third kappa shape index (κ3) is 4.21. The molecular weight excluding hydrogens is 454 g/mol. The van der Waals surface area contributed by atoms with E-state index in [0.717, 1.165) is 52.2 Å². The molecule has 0 fully saturated rings. The Hall–Kier alpha value is -4.23. The average Bonchev–Trinajstić information content (AvgIpc) is 2.94. The van der Waals surface area contributed by atoms with Crippen molar-refractivity contribution in [1.29, 1.82) is 5.26 Å². The highest BCUT2D eigenvalue weighted by Gasteiger charge is 2.50. The van der Waals surface area contributed by atoms with E-state index in [9.17, 15) is 10.1 Å². The molecule has 5 rings (SSSR count). The van der Waals surface area contributed by atoms with E-state index in [0.29, 0.717) is 0 Å². The molecule has 2 aliphatic rings. The van der Waals surface area contributed by atoms with E-state index >= 15 is 0 Å². The van der Waals surface area contributed by atoms with Gasteiger partial charge in [0, 0.05) is 35.8 Å². The van der Waals surface area contributed by atoms with Crippen LogP contribution in [0.1, 0.15) is 32.3 Å². The third-order valence-electron chi connectivity index (χ3n) is 8.14. The molecule has 0 aliphatic heterocycles. The van der Waals surface area contributed by atoms with Gasteiger partial charge in [-0.15, -0.1) is 0 Å². The number of hydrogen-bond donors (Lipinski definition) is 0. The minimum atomic E-state index is -0.516. The minimum Gasteiger partial charge on any atom is -0.332 e. The SMILES string of the molecule is C=C(C1=C(N(C)c2ccc(-c3ccccc3)cn2)[C@]2(C)C=C(C#N)C(=O)[C@H](C)[C@H]2CC1)c1ccccc1. The van der Waals surface area contributed by atoms with Crippen LogP contribution >= 0.6 is 0 Å². The Balaban J connectivity index is 1.66. The number of hydrogen-bond acceptors (Lipinski definition) is 4. The van der Waals surface area contributed by atoms with E-state index in [4.69, 9.17) is 4.98 Å². The van der Waals surface area contributed by atoms with E-state index < -0.39 is 5.41 Å². The molecule has 0 unspecified atom stereocenters. The van der Waals surface area contributed by atoms with Crippen LogP contribution in [0.15, 0.2) is 108 Å². The number of carbonyl (C=O) groups excluding carboxylic acids is 1. The monoisotopic (exact) mass is 485 g/mol. The Labute approximate surface area is 219 Å². The zero-order valence-electron chi connectivity index (χ0n) is 21.6. The van der Waals surface area contributed by atoms with Crippen LogP contribution in [0.5, 0.6) is 0 Å². The Morgan fingerprint density at radius 3 is 2.35 bits per heavy atom. The lowest BCUT2D eigenvalue weighted by molar-refractivity contribution is -0.122. The van der Waals surface area contributed by atoms with Crippen molar-refractivity contribution < 1.29 is 4.79 Å². The van der Waals surface area contributed by atoms with Crippen molar-refractivity contribution in [1.82, 2.24) is 4.98 Å². The fraction of sp³-hybridized carbons (Fsp3) is 0.242. The number of fused-ring (bicyclic) bond motifs is 1. The molecule has 0 saturated heterocycles. The molecule has 0 bridgehead atoms. The molecule has 0 amide bonds. The van der Waals surface area contributed by atoms with Crippen LogP contribution in [0, 0.1) is 28.6 Å². The standard InChI is InChI=1S/C33H31N3O/c1-22(24-11-7-5-8-12-24)28-16-17-29-23(2)31(37)27(20-34)19-33(29,3)32(28)36(4)30-18-15-26(21-35-30)25-13-9-6-10-14-25/h5-15,18-19,21,23,29H,1,16-17H2,2-4H3/t23-,29-,33-/m1/s1. The summed E-state index contributed by atoms with van der Waals surface area (Å²) in [4.78, 5) is 19.9. The zero-order chi connectivity index (χ0) is 26.2. The summed E-state index contributed by atoms with van der Waals surface area (Å²) >= 11 is 0. The van der Waals surface area contributed by atoms with Crippen molar-refractivity contribution in [2.45, 2.75) is 26.7 Å². The van der Waals surface area contributed by atoms with Crippen LogP contribution < -0.4 is 4.90 Å². The van der Waals surface area contributed by atoms with Gasteiger partial charge in [0.2, 0.25) is 0 Å². The summed E-state index contributed by atoms with van der Waals surface area (Å²) in [7, 11) is 2.03. The molecule has 2 aliphatic carbocycles. The van der Waals surface area contributed by atoms with Gasteiger partial charge in [-0.3, -0.25) is 4.79 Å². The molecule has 3 aromatic rings. The largest absolute Gasteiger partial charge is 0.332 e. The highest BCUT2D eigenvalue weighted by Crippen LogP contribution is 2.55. The summed E-state index contributed by atoms with van der Waals surface area (Å²) in [6, 6.07) is 26.7. The molecule has 0 spiro atoms. The number of pyridine rings is 1. The Morgan fingerprint density at radius 1 is 1.05 bits per heavy atom. The number of rotatable bonds is 5. The predicted molar refractivity (Wildman–Crippen MR) is 149 cm³/mol. The number of nitriles is 1. The molecule has 0 radical (unpaired) electrons. The molecule has 1 aromatic heterocycles. The van der Waals surface area contributed by atoms with Crippen molar-refractivity contribution in [3.63, 3.8) is 0 Å². The molecular formula is C33H31N3O. The zero-order valence-corrected chi connectivity index (χ0v) is 21.6. The van der Waals surface area contributed by atoms with E-state index in [1.807, 2.05) is 68.7 Å². The lowest BCUT2D eigenvalue weighted by atomic mass is 9.57. The number of aromatic nitrogens is 1. The summed E-state index contributed by atoms with van der Waals surface area (Å²) in [5.74, 6) is 0.618. The minimum absolute atomic E-state index is 0.0531. The molecule has 37 heavy (non-hydrogen) atoms. The first kappa shape index (κ1) is 24.5. The fourth-order valence-corrected chi connectivity index (χ4v) is 6.22. The van der Waals surface area contributed by atoms with Crippen molar-refractivity contribution >= 4 is 17.2 Å². The smallest absolute Gasteiger partial charge is 0.176 e. The number of anilines is 1. The van der Waals surface area contributed by atoms with Crippen molar-refractivity contribution in [3.05, 3.63) is 114 Å². The summed E-state index contributed by atoms with van der Waals surface area (Å²) in [6.07, 6.45) is 5.47. The van der Waals surface area contributed by atoms with Gasteiger partial charge < -0.3 is 4.90 Å². The molecule has 1 heterocycles. The Kier molecular flexibility index (Phi) is 6.39. The van der Waals surface area contributed by atoms with Crippen LogP contribution in [-0.4, -0.2) is 17.8 Å². The topological polar surface area (TPSA) is 57.0 Å². The third-order valence-corrected chi connectivity index (χ3v) is 8.14. The number of benzene rings is 2. The molecule has 2 aromatic carbocycles. The molecule has 3 atom stereocenters. The maximum atomic E-state index is 13.0. The second-order valence-electron chi connectivity index (χ2n) is 10.3. The predicted octanol–water partition coefficient (Wildman–Crippen LogP) is 7.24. The lowest BCUT2D eigenvalue weighted by Crippen LogP contribution is -2.47. The summed E-state index contributed by atoms with van der Waals surface area (Å²) < 4.78 is 0. The highest BCUT2D eigenvalue weighted by molar-refractivity contribution is 6.02. The Morgan fingerprint density at radius 2 is 1.73 bits per heavy atom. The summed E-state index contributed by atoms with van der Waals surface area (Å²) in [6.45, 7) is 8.65. The average molecular weight is 486 g/mol. The quantitative estimate of drug-likeness (QED) is 0.382. The van der Waals surface area contributed by atoms with Crippen molar-refractivity contribution in [2.24, 2.45) is 17.3 Å². The number of allylic oxidation sites excluding steroid dienone is 4. The number of nitrogens with zero attached hydrogens (tertiary/aromatic N) is 3. The summed E-state index contributed by atoms with van der Waals surface area (Å²) in [5.41, 5.74) is 6.15. The van der Waals surface area contributed by atoms with Crippen LogP contribution in [0.25, 0.3) is 16.7 Å². The molecule has 0 N–H and O–H groups in total. The van der Waals surface area contributed by atoms with Gasteiger partial charge in [0.05, 0.1) is 5.57 Å². The van der Waals surface area contributed by atoms with E-state index in [-0.39, 0.29) is 23.2 Å². The summed E-state index contributed by atoms with van der Waals surface area (Å²) in [5, 5.41) is 9.82. The van der Waals surface area contributed by atoms with Crippen molar-refractivity contribution in [3.8, 4) is 17.2 Å². The normalized spacial score (nSPS) is 23.1. The maximum Gasteiger partial charge on any atom is 0.176 e. The van der Waals surface area contributed by atoms with Gasteiger partial charge in [-0.1, -0.05) is 87.2 Å². The second kappa shape index (κ2) is 9.67. The van der Waals surface area contributed by atoms with Gasteiger partial charge in [0.1, 0.15) is 11.9 Å². The Bertz CT molecular complexity index is 1440. The van der Waals surface area contributed by atoms with Crippen molar-refractivity contribution in [2.75, 3.05) is 11.9 Å². The molecule has 184 valence electrons. The van der Waals surface area contributed by atoms with E-state index in [1.165, 1.54) is 0 Å². The fourth-order valence-electron chi connectivity index (χ4n) is 6.22. The van der Waals surface area contributed by atoms with Gasteiger partial charge in [-0.25, -0.2) is 4.98 Å². The first-order valence-corrected chi connectivity index (χ1v) is 12.8. The van der Waals surface area contributed by atoms with Crippen LogP contribution in [0.4, 0.5) is 5.82 Å². The lowest BCUT2D eigenvalue weighted by Gasteiger charge is -2.50. The second-order valence-corrected chi connectivity index (χ2v) is 10.3. The van der Waals surface area contributed by atoms with Gasteiger partial charge in [0.15, 0.2) is 5.78 Å². The van der Waals surface area contributed by atoms with Gasteiger partial charge in [-0.2, -0.15) is 5.26 Å².